The van der Waals surface area contributed by atoms with Crippen LogP contribution in [0.1, 0.15) is 5.56 Å². The molecule has 0 spiro atoms. The maximum Gasteiger partial charge on any atom is 0.207 e. The molecule has 0 radical (unpaired) electrons. The van der Waals surface area contributed by atoms with Gasteiger partial charge in [-0.15, -0.1) is 0 Å². The molecule has 0 saturated carbocycles. The molecule has 3 aromatic rings. The molecule has 0 unspecified atom stereocenters. The highest BCUT2D eigenvalue weighted by atomic mass is 16.5. The zero-order chi connectivity index (χ0) is 13.2. The molecule has 0 aliphatic rings. The van der Waals surface area contributed by atoms with Gasteiger partial charge in [0.05, 0.1) is 25.4 Å². The van der Waals surface area contributed by atoms with Crippen LogP contribution in [0.15, 0.2) is 47.5 Å². The van der Waals surface area contributed by atoms with Crippen LogP contribution in [-0.2, 0) is 6.54 Å². The number of rotatable bonds is 3. The van der Waals surface area contributed by atoms with Gasteiger partial charge >= 0.3 is 0 Å². The van der Waals surface area contributed by atoms with Gasteiger partial charge in [0.25, 0.3) is 0 Å². The van der Waals surface area contributed by atoms with E-state index in [1.807, 2.05) is 24.3 Å². The fourth-order valence-electron chi connectivity index (χ4n) is 2.06. The summed E-state index contributed by atoms with van der Waals surface area (Å²) in [5.41, 5.74) is 2.38. The SMILES string of the molecule is COc1ccc(Cn2ncc3[nH]ccc(=O)c32)cc1. The quantitative estimate of drug-likeness (QED) is 0.776. The first kappa shape index (κ1) is 11.5. The van der Waals surface area contributed by atoms with Crippen molar-refractivity contribution < 1.29 is 4.74 Å². The highest BCUT2D eigenvalue weighted by Gasteiger charge is 2.06. The van der Waals surface area contributed by atoms with E-state index in [4.69, 9.17) is 4.74 Å². The molecule has 1 aromatic carbocycles. The van der Waals surface area contributed by atoms with Crippen LogP contribution in [0.2, 0.25) is 0 Å². The standard InChI is InChI=1S/C14H13N3O2/c1-19-11-4-2-10(3-5-11)9-17-14-12(8-16-17)15-7-6-13(14)18/h2-8H,9H2,1H3,(H,15,18). The lowest BCUT2D eigenvalue weighted by Gasteiger charge is -2.04. The van der Waals surface area contributed by atoms with Gasteiger partial charge in [0.2, 0.25) is 5.43 Å². The molecule has 0 fully saturated rings. The van der Waals surface area contributed by atoms with Crippen LogP contribution < -0.4 is 10.2 Å². The summed E-state index contributed by atoms with van der Waals surface area (Å²) >= 11 is 0. The summed E-state index contributed by atoms with van der Waals surface area (Å²) in [6.07, 6.45) is 3.30. The van der Waals surface area contributed by atoms with Crippen LogP contribution >= 0.6 is 0 Å². The molecule has 0 atom stereocenters. The van der Waals surface area contributed by atoms with Gasteiger partial charge in [-0.25, -0.2) is 0 Å². The summed E-state index contributed by atoms with van der Waals surface area (Å²) in [5.74, 6) is 0.812. The first-order valence-electron chi connectivity index (χ1n) is 5.94. The largest absolute Gasteiger partial charge is 0.497 e. The summed E-state index contributed by atoms with van der Waals surface area (Å²) in [5, 5.41) is 4.25. The van der Waals surface area contributed by atoms with Gasteiger partial charge in [0, 0.05) is 12.3 Å². The molecular formula is C14H13N3O2. The van der Waals surface area contributed by atoms with Crippen LogP contribution in [0.4, 0.5) is 0 Å². The molecule has 5 nitrogen and oxygen atoms in total. The number of ether oxygens (including phenoxy) is 1. The fourth-order valence-corrected chi connectivity index (χ4v) is 2.06. The number of nitrogens with one attached hydrogen (secondary N) is 1. The number of pyridine rings is 1. The van der Waals surface area contributed by atoms with Gasteiger partial charge in [-0.3, -0.25) is 9.48 Å². The third kappa shape index (κ3) is 2.10. The van der Waals surface area contributed by atoms with E-state index in [9.17, 15) is 4.79 Å². The number of H-pyrrole nitrogens is 1. The monoisotopic (exact) mass is 255 g/mol. The van der Waals surface area contributed by atoms with Crippen molar-refractivity contribution in [3.63, 3.8) is 0 Å². The summed E-state index contributed by atoms with van der Waals surface area (Å²) < 4.78 is 6.82. The second kappa shape index (κ2) is 4.61. The fraction of sp³-hybridized carbons (Fsp3) is 0.143. The van der Waals surface area contributed by atoms with E-state index in [0.29, 0.717) is 12.1 Å². The number of aromatic nitrogens is 3. The van der Waals surface area contributed by atoms with E-state index < -0.39 is 0 Å². The predicted molar refractivity (Wildman–Crippen MR) is 72.4 cm³/mol. The van der Waals surface area contributed by atoms with Crippen molar-refractivity contribution in [3.05, 3.63) is 58.5 Å². The first-order valence-corrected chi connectivity index (χ1v) is 5.94. The Kier molecular flexibility index (Phi) is 2.79. The maximum absolute atomic E-state index is 11.9. The highest BCUT2D eigenvalue weighted by molar-refractivity contribution is 5.73. The summed E-state index contributed by atoms with van der Waals surface area (Å²) in [7, 11) is 1.63. The van der Waals surface area contributed by atoms with Crippen molar-refractivity contribution >= 4 is 11.0 Å². The van der Waals surface area contributed by atoms with Crippen LogP contribution in [0.5, 0.6) is 5.75 Å². The Hall–Kier alpha value is -2.56. The van der Waals surface area contributed by atoms with Crippen LogP contribution in [0.25, 0.3) is 11.0 Å². The van der Waals surface area contributed by atoms with Crippen molar-refractivity contribution in [1.29, 1.82) is 0 Å². The first-order chi connectivity index (χ1) is 9.28. The lowest BCUT2D eigenvalue weighted by molar-refractivity contribution is 0.414. The molecule has 2 aromatic heterocycles. The summed E-state index contributed by atoms with van der Waals surface area (Å²) in [6, 6.07) is 9.22. The lowest BCUT2D eigenvalue weighted by Crippen LogP contribution is -2.09. The van der Waals surface area contributed by atoms with Crippen molar-refractivity contribution in [2.75, 3.05) is 7.11 Å². The minimum Gasteiger partial charge on any atom is -0.497 e. The summed E-state index contributed by atoms with van der Waals surface area (Å²) in [6.45, 7) is 0.556. The van der Waals surface area contributed by atoms with Crippen molar-refractivity contribution in [2.24, 2.45) is 0 Å². The predicted octanol–water partition coefficient (Wildman–Crippen LogP) is 1.78. The van der Waals surface area contributed by atoms with E-state index in [1.54, 1.807) is 24.2 Å². The third-order valence-electron chi connectivity index (χ3n) is 3.04. The minimum absolute atomic E-state index is 0.0280. The van der Waals surface area contributed by atoms with Crippen LogP contribution in [0, 0.1) is 0 Å². The molecule has 2 heterocycles. The number of benzene rings is 1. The molecule has 3 rings (SSSR count). The average molecular weight is 255 g/mol. The lowest BCUT2D eigenvalue weighted by atomic mass is 10.2. The normalized spacial score (nSPS) is 10.8. The van der Waals surface area contributed by atoms with E-state index in [2.05, 4.69) is 10.1 Å². The molecule has 96 valence electrons. The van der Waals surface area contributed by atoms with E-state index >= 15 is 0 Å². The number of methoxy groups -OCH3 is 1. The Balaban J connectivity index is 1.98. The van der Waals surface area contributed by atoms with Gasteiger partial charge in [0.15, 0.2) is 0 Å². The minimum atomic E-state index is -0.0280. The van der Waals surface area contributed by atoms with E-state index in [0.717, 1.165) is 16.8 Å². The Morgan fingerprint density at radius 2 is 2.05 bits per heavy atom. The van der Waals surface area contributed by atoms with E-state index in [-0.39, 0.29) is 5.43 Å². The molecular weight excluding hydrogens is 242 g/mol. The third-order valence-corrected chi connectivity index (χ3v) is 3.04. The second-order valence-corrected chi connectivity index (χ2v) is 4.25. The molecule has 0 aliphatic heterocycles. The van der Waals surface area contributed by atoms with Gasteiger partial charge in [-0.2, -0.15) is 5.10 Å². The molecule has 0 saturated heterocycles. The molecule has 0 bridgehead atoms. The van der Waals surface area contributed by atoms with Crippen molar-refractivity contribution in [1.82, 2.24) is 14.8 Å². The molecule has 1 N–H and O–H groups in total. The molecule has 19 heavy (non-hydrogen) atoms. The Bertz CT molecular complexity index is 756. The Morgan fingerprint density at radius 3 is 2.79 bits per heavy atom. The van der Waals surface area contributed by atoms with Crippen LogP contribution in [-0.4, -0.2) is 21.9 Å². The smallest absolute Gasteiger partial charge is 0.207 e. The van der Waals surface area contributed by atoms with Crippen LogP contribution in [0.3, 0.4) is 0 Å². The number of hydrogen-bond acceptors (Lipinski definition) is 3. The molecule has 5 heteroatoms. The number of aromatic amines is 1. The topological polar surface area (TPSA) is 59.9 Å². The zero-order valence-corrected chi connectivity index (χ0v) is 10.5. The van der Waals surface area contributed by atoms with Crippen molar-refractivity contribution in [2.45, 2.75) is 6.54 Å². The van der Waals surface area contributed by atoms with Gasteiger partial charge < -0.3 is 9.72 Å². The summed E-state index contributed by atoms with van der Waals surface area (Å²) in [4.78, 5) is 14.9. The number of fused-ring (bicyclic) bond motifs is 1. The molecule has 0 amide bonds. The number of hydrogen-bond donors (Lipinski definition) is 1. The van der Waals surface area contributed by atoms with E-state index in [1.165, 1.54) is 6.07 Å². The zero-order valence-electron chi connectivity index (χ0n) is 10.5. The van der Waals surface area contributed by atoms with Gasteiger partial charge in [-0.1, -0.05) is 12.1 Å². The Morgan fingerprint density at radius 1 is 1.26 bits per heavy atom. The van der Waals surface area contributed by atoms with Crippen molar-refractivity contribution in [3.8, 4) is 5.75 Å². The number of nitrogens with zero attached hydrogens (tertiary/aromatic N) is 2. The maximum atomic E-state index is 11.9. The highest BCUT2D eigenvalue weighted by Crippen LogP contribution is 2.13. The molecule has 0 aliphatic carbocycles. The Labute approximate surface area is 109 Å². The van der Waals surface area contributed by atoms with Gasteiger partial charge in [-0.05, 0) is 17.7 Å². The average Bonchev–Trinajstić information content (AvgIpc) is 2.84. The van der Waals surface area contributed by atoms with Gasteiger partial charge in [0.1, 0.15) is 11.3 Å². The second-order valence-electron chi connectivity index (χ2n) is 4.25.